The van der Waals surface area contributed by atoms with E-state index in [4.69, 9.17) is 4.74 Å². The number of rotatable bonds is 6. The van der Waals surface area contributed by atoms with Crippen LogP contribution < -0.4 is 10.1 Å². The number of hydrogen-bond acceptors (Lipinski definition) is 7. The van der Waals surface area contributed by atoms with Crippen molar-refractivity contribution in [3.63, 3.8) is 0 Å². The molecular weight excluding hydrogens is 401 g/mol. The smallest absolute Gasteiger partial charge is 0.286 e. The summed E-state index contributed by atoms with van der Waals surface area (Å²) in [7, 11) is 1.62. The molecule has 142 valence electrons. The van der Waals surface area contributed by atoms with Gasteiger partial charge in [-0.05, 0) is 36.4 Å². The maximum absolute atomic E-state index is 12.9. The van der Waals surface area contributed by atoms with Crippen LogP contribution >= 0.6 is 23.1 Å². The van der Waals surface area contributed by atoms with Gasteiger partial charge in [0.15, 0.2) is 5.16 Å². The van der Waals surface area contributed by atoms with Crippen LogP contribution in [0, 0.1) is 5.82 Å². The van der Waals surface area contributed by atoms with Crippen LogP contribution in [0.2, 0.25) is 0 Å². The lowest BCUT2D eigenvalue weighted by atomic mass is 10.3. The molecular formula is C18H14FN5O2S2. The molecule has 0 fully saturated rings. The van der Waals surface area contributed by atoms with E-state index in [2.05, 4.69) is 25.5 Å². The Hall–Kier alpha value is -2.98. The molecule has 2 aromatic carbocycles. The number of carbonyl (C=O) groups excluding carboxylic acids is 1. The zero-order valence-electron chi connectivity index (χ0n) is 14.6. The fourth-order valence-corrected chi connectivity index (χ4v) is 4.02. The van der Waals surface area contributed by atoms with Gasteiger partial charge in [-0.1, -0.05) is 23.1 Å². The van der Waals surface area contributed by atoms with Crippen LogP contribution in [0.15, 0.2) is 47.6 Å². The zero-order valence-corrected chi connectivity index (χ0v) is 16.2. The first-order valence-electron chi connectivity index (χ1n) is 8.16. The van der Waals surface area contributed by atoms with Gasteiger partial charge in [-0.25, -0.2) is 9.37 Å². The topological polar surface area (TPSA) is 92.8 Å². The molecule has 0 bridgehead atoms. The minimum absolute atomic E-state index is 0.245. The third kappa shape index (κ3) is 4.12. The number of carbonyl (C=O) groups is 1. The van der Waals surface area contributed by atoms with Crippen LogP contribution in [0.1, 0.15) is 14.8 Å². The predicted molar refractivity (Wildman–Crippen MR) is 106 cm³/mol. The number of anilines is 1. The number of thioether (sulfide) groups is 1. The highest BCUT2D eigenvalue weighted by atomic mass is 32.2. The summed E-state index contributed by atoms with van der Waals surface area (Å²) in [6, 6.07) is 11.2. The van der Waals surface area contributed by atoms with E-state index in [0.29, 0.717) is 16.4 Å². The Labute approximate surface area is 167 Å². The van der Waals surface area contributed by atoms with Gasteiger partial charge in [-0.3, -0.25) is 4.79 Å². The molecule has 2 heterocycles. The predicted octanol–water partition coefficient (Wildman–Crippen LogP) is 4.11. The highest BCUT2D eigenvalue weighted by Crippen LogP contribution is 2.26. The van der Waals surface area contributed by atoms with Gasteiger partial charge >= 0.3 is 0 Å². The standard InChI is InChI=1S/C18H14FN5O2S2/c1-26-12-6-7-13-14(8-12)22-18(21-13)27-9-15-23-24-17(28-15)16(25)20-11-4-2-10(19)3-5-11/h2-8H,9H2,1H3,(H,20,25)(H,21,22). The Kier molecular flexibility index (Phi) is 5.22. The minimum atomic E-state index is -0.379. The summed E-state index contributed by atoms with van der Waals surface area (Å²) in [5.74, 6) is 0.542. The molecule has 4 rings (SSSR count). The summed E-state index contributed by atoms with van der Waals surface area (Å²) in [5, 5.41) is 12.3. The Morgan fingerprint density at radius 1 is 1.25 bits per heavy atom. The van der Waals surface area contributed by atoms with Crippen molar-refractivity contribution in [2.75, 3.05) is 12.4 Å². The highest BCUT2D eigenvalue weighted by Gasteiger charge is 2.14. The number of benzene rings is 2. The Bertz CT molecular complexity index is 1130. The first kappa shape index (κ1) is 18.4. The Morgan fingerprint density at radius 2 is 2.07 bits per heavy atom. The largest absolute Gasteiger partial charge is 0.497 e. The fourth-order valence-electron chi connectivity index (χ4n) is 2.41. The summed E-state index contributed by atoms with van der Waals surface area (Å²) in [4.78, 5) is 20.0. The molecule has 7 nitrogen and oxygen atoms in total. The first-order chi connectivity index (χ1) is 13.6. The average molecular weight is 415 g/mol. The second-order valence-electron chi connectivity index (χ2n) is 5.68. The molecule has 0 unspecified atom stereocenters. The number of nitrogens with zero attached hydrogens (tertiary/aromatic N) is 3. The van der Waals surface area contributed by atoms with Crippen LogP contribution in [-0.2, 0) is 5.75 Å². The molecule has 0 aliphatic carbocycles. The zero-order chi connectivity index (χ0) is 19.5. The maximum Gasteiger partial charge on any atom is 0.286 e. The molecule has 0 radical (unpaired) electrons. The average Bonchev–Trinajstić information content (AvgIpc) is 3.34. The number of nitrogens with one attached hydrogen (secondary N) is 2. The number of ether oxygens (including phenoxy) is 1. The molecule has 2 aromatic heterocycles. The summed E-state index contributed by atoms with van der Waals surface area (Å²) in [6.45, 7) is 0. The Balaban J connectivity index is 1.39. The molecule has 0 saturated carbocycles. The van der Waals surface area contributed by atoms with Crippen molar-refractivity contribution < 1.29 is 13.9 Å². The number of imidazole rings is 1. The maximum atomic E-state index is 12.9. The van der Waals surface area contributed by atoms with Gasteiger partial charge < -0.3 is 15.0 Å². The molecule has 0 aliphatic heterocycles. The van der Waals surface area contributed by atoms with Gasteiger partial charge in [0.2, 0.25) is 5.01 Å². The van der Waals surface area contributed by atoms with E-state index in [0.717, 1.165) is 21.9 Å². The van der Waals surface area contributed by atoms with Crippen molar-refractivity contribution in [1.82, 2.24) is 20.2 Å². The van der Waals surface area contributed by atoms with Gasteiger partial charge in [-0.2, -0.15) is 0 Å². The second-order valence-corrected chi connectivity index (χ2v) is 7.70. The van der Waals surface area contributed by atoms with E-state index >= 15 is 0 Å². The lowest BCUT2D eigenvalue weighted by Gasteiger charge is -2.01. The van der Waals surface area contributed by atoms with Crippen molar-refractivity contribution >= 4 is 45.7 Å². The van der Waals surface area contributed by atoms with Crippen LogP contribution in [0.4, 0.5) is 10.1 Å². The molecule has 0 aliphatic rings. The van der Waals surface area contributed by atoms with Crippen LogP contribution in [0.3, 0.4) is 0 Å². The third-order valence-electron chi connectivity index (χ3n) is 3.76. The SMILES string of the molecule is COc1ccc2nc(SCc3nnc(C(=O)Nc4ccc(F)cc4)s3)[nH]c2c1. The molecule has 10 heteroatoms. The monoisotopic (exact) mass is 415 g/mol. The molecule has 28 heavy (non-hydrogen) atoms. The number of aromatic nitrogens is 4. The fraction of sp³-hybridized carbons (Fsp3) is 0.111. The summed E-state index contributed by atoms with van der Waals surface area (Å²) >= 11 is 2.68. The number of hydrogen-bond donors (Lipinski definition) is 2. The van der Waals surface area contributed by atoms with Crippen LogP contribution in [-0.4, -0.2) is 33.2 Å². The van der Waals surface area contributed by atoms with E-state index in [1.54, 1.807) is 7.11 Å². The van der Waals surface area contributed by atoms with Gasteiger partial charge in [-0.15, -0.1) is 10.2 Å². The van der Waals surface area contributed by atoms with Crippen molar-refractivity contribution in [1.29, 1.82) is 0 Å². The quantitative estimate of drug-likeness (QED) is 0.461. The molecule has 0 atom stereocenters. The van der Waals surface area contributed by atoms with E-state index in [9.17, 15) is 9.18 Å². The van der Waals surface area contributed by atoms with Crippen molar-refractivity contribution in [2.45, 2.75) is 10.9 Å². The highest BCUT2D eigenvalue weighted by molar-refractivity contribution is 7.98. The number of halogens is 1. The van der Waals surface area contributed by atoms with E-state index in [1.807, 2.05) is 18.2 Å². The molecule has 4 aromatic rings. The van der Waals surface area contributed by atoms with Crippen molar-refractivity contribution in [2.24, 2.45) is 0 Å². The molecule has 2 N–H and O–H groups in total. The number of fused-ring (bicyclic) bond motifs is 1. The molecule has 1 amide bonds. The molecule has 0 spiro atoms. The van der Waals surface area contributed by atoms with E-state index < -0.39 is 0 Å². The van der Waals surface area contributed by atoms with Gasteiger partial charge in [0.1, 0.15) is 16.6 Å². The lowest BCUT2D eigenvalue weighted by molar-refractivity contribution is 0.102. The Morgan fingerprint density at radius 3 is 2.86 bits per heavy atom. The number of aromatic amines is 1. The third-order valence-corrected chi connectivity index (χ3v) is 5.75. The minimum Gasteiger partial charge on any atom is -0.497 e. The number of methoxy groups -OCH3 is 1. The lowest BCUT2D eigenvalue weighted by Crippen LogP contribution is -2.11. The van der Waals surface area contributed by atoms with E-state index in [1.165, 1.54) is 47.4 Å². The summed E-state index contributed by atoms with van der Waals surface area (Å²) in [5.41, 5.74) is 2.23. The normalized spacial score (nSPS) is 10.9. The summed E-state index contributed by atoms with van der Waals surface area (Å²) in [6.07, 6.45) is 0. The van der Waals surface area contributed by atoms with Crippen LogP contribution in [0.25, 0.3) is 11.0 Å². The first-order valence-corrected chi connectivity index (χ1v) is 9.97. The van der Waals surface area contributed by atoms with Crippen LogP contribution in [0.5, 0.6) is 5.75 Å². The van der Waals surface area contributed by atoms with Crippen molar-refractivity contribution in [3.05, 3.63) is 58.3 Å². The number of H-pyrrole nitrogens is 1. The summed E-state index contributed by atoms with van der Waals surface area (Å²) < 4.78 is 18.1. The molecule has 0 saturated heterocycles. The van der Waals surface area contributed by atoms with Crippen molar-refractivity contribution in [3.8, 4) is 5.75 Å². The van der Waals surface area contributed by atoms with E-state index in [-0.39, 0.29) is 16.7 Å². The van der Waals surface area contributed by atoms with Gasteiger partial charge in [0.25, 0.3) is 5.91 Å². The van der Waals surface area contributed by atoms with Gasteiger partial charge in [0.05, 0.1) is 23.9 Å². The van der Waals surface area contributed by atoms with Gasteiger partial charge in [0, 0.05) is 11.8 Å². The second kappa shape index (κ2) is 7.95. The number of amides is 1.